The topological polar surface area (TPSA) is 101 Å². The summed E-state index contributed by atoms with van der Waals surface area (Å²) in [5.74, 6) is -0.248. The van der Waals surface area contributed by atoms with Gasteiger partial charge in [-0.25, -0.2) is 4.98 Å². The number of hydrogen-bond donors (Lipinski definition) is 2. The maximum Gasteiger partial charge on any atom is 0.247 e. The summed E-state index contributed by atoms with van der Waals surface area (Å²) in [6, 6.07) is 15.6. The van der Waals surface area contributed by atoms with Crippen LogP contribution in [0.5, 0.6) is 5.75 Å². The molecule has 3 rings (SSSR count). The predicted octanol–water partition coefficient (Wildman–Crippen LogP) is 4.17. The molecule has 35 heavy (non-hydrogen) atoms. The van der Waals surface area contributed by atoms with Gasteiger partial charge in [0.1, 0.15) is 11.8 Å². The number of carbonyl (C=O) groups is 3. The van der Waals surface area contributed by atoms with E-state index in [1.54, 1.807) is 43.0 Å². The summed E-state index contributed by atoms with van der Waals surface area (Å²) < 4.78 is 5.26. The minimum Gasteiger partial charge on any atom is -0.497 e. The van der Waals surface area contributed by atoms with Crippen molar-refractivity contribution in [1.29, 1.82) is 0 Å². The van der Waals surface area contributed by atoms with Gasteiger partial charge < -0.3 is 20.3 Å². The molecule has 0 aliphatic carbocycles. The number of amides is 3. The van der Waals surface area contributed by atoms with Gasteiger partial charge in [0.05, 0.1) is 7.11 Å². The Morgan fingerprint density at radius 1 is 1.03 bits per heavy atom. The van der Waals surface area contributed by atoms with Crippen molar-refractivity contribution < 1.29 is 19.1 Å². The third-order valence-corrected chi connectivity index (χ3v) is 5.87. The van der Waals surface area contributed by atoms with Crippen molar-refractivity contribution in [2.45, 2.75) is 45.3 Å². The minimum atomic E-state index is -0.877. The van der Waals surface area contributed by atoms with Gasteiger partial charge in [-0.15, -0.1) is 11.3 Å². The number of aromatic nitrogens is 1. The molecule has 0 radical (unpaired) electrons. The number of anilines is 1. The normalized spacial score (nSPS) is 11.5. The molecule has 0 bridgehead atoms. The molecule has 9 heteroatoms. The highest BCUT2D eigenvalue weighted by molar-refractivity contribution is 7.13. The number of ether oxygens (including phenoxy) is 1. The molecule has 0 saturated carbocycles. The van der Waals surface area contributed by atoms with Gasteiger partial charge in [0, 0.05) is 37.0 Å². The van der Waals surface area contributed by atoms with Gasteiger partial charge in [-0.3, -0.25) is 14.4 Å². The molecule has 1 heterocycles. The van der Waals surface area contributed by atoms with Crippen LogP contribution >= 0.6 is 11.3 Å². The number of methoxy groups -OCH3 is 1. The van der Waals surface area contributed by atoms with Crippen LogP contribution in [0.25, 0.3) is 0 Å². The Morgan fingerprint density at radius 2 is 1.74 bits per heavy atom. The Balaban J connectivity index is 1.88. The third kappa shape index (κ3) is 7.65. The Hall–Kier alpha value is -3.72. The summed E-state index contributed by atoms with van der Waals surface area (Å²) in [5.41, 5.74) is 1.53. The summed E-state index contributed by atoms with van der Waals surface area (Å²) in [6.45, 7) is 3.96. The lowest BCUT2D eigenvalue weighted by molar-refractivity contribution is -0.142. The standard InChI is InChI=1S/C26H30N4O4S/c1-18(2)28-25(33)24(20-9-11-21(34-3)12-10-20)30(17-19-7-5-4-6-8-19)23(32)14-13-22(31)29-26-27-15-16-35-26/h4-12,15-16,18,24H,13-14,17H2,1-3H3,(H,28,33)(H,27,29,31). The van der Waals surface area contributed by atoms with Gasteiger partial charge in [0.2, 0.25) is 17.7 Å². The zero-order valence-corrected chi connectivity index (χ0v) is 20.9. The first-order chi connectivity index (χ1) is 16.9. The van der Waals surface area contributed by atoms with Crippen LogP contribution in [0.3, 0.4) is 0 Å². The van der Waals surface area contributed by atoms with Gasteiger partial charge >= 0.3 is 0 Å². The van der Waals surface area contributed by atoms with E-state index in [1.165, 1.54) is 16.2 Å². The highest BCUT2D eigenvalue weighted by Crippen LogP contribution is 2.27. The Bertz CT molecular complexity index is 1100. The average Bonchev–Trinajstić information content (AvgIpc) is 3.35. The van der Waals surface area contributed by atoms with E-state index in [-0.39, 0.29) is 43.1 Å². The second kappa shape index (κ2) is 12.7. The van der Waals surface area contributed by atoms with E-state index < -0.39 is 6.04 Å². The van der Waals surface area contributed by atoms with Crippen LogP contribution in [0.1, 0.15) is 43.9 Å². The fourth-order valence-corrected chi connectivity index (χ4v) is 4.10. The smallest absolute Gasteiger partial charge is 0.247 e. The Labute approximate surface area is 209 Å². The molecule has 0 spiro atoms. The van der Waals surface area contributed by atoms with Crippen LogP contribution < -0.4 is 15.4 Å². The van der Waals surface area contributed by atoms with Crippen molar-refractivity contribution in [2.75, 3.05) is 12.4 Å². The van der Waals surface area contributed by atoms with E-state index in [1.807, 2.05) is 44.2 Å². The molecule has 3 aromatic rings. The molecule has 8 nitrogen and oxygen atoms in total. The van der Waals surface area contributed by atoms with Crippen LogP contribution in [-0.2, 0) is 20.9 Å². The van der Waals surface area contributed by atoms with E-state index in [4.69, 9.17) is 4.74 Å². The first-order valence-electron chi connectivity index (χ1n) is 11.3. The molecule has 0 fully saturated rings. The van der Waals surface area contributed by atoms with Gasteiger partial charge in [0.25, 0.3) is 0 Å². The molecule has 3 amide bonds. The van der Waals surface area contributed by atoms with Gasteiger partial charge in [-0.05, 0) is 37.1 Å². The molecule has 0 aliphatic heterocycles. The lowest BCUT2D eigenvalue weighted by Crippen LogP contribution is -2.45. The number of benzene rings is 2. The second-order valence-corrected chi connectivity index (χ2v) is 9.13. The number of carbonyl (C=O) groups excluding carboxylic acids is 3. The zero-order valence-electron chi connectivity index (χ0n) is 20.1. The van der Waals surface area contributed by atoms with Gasteiger partial charge in [-0.2, -0.15) is 0 Å². The minimum absolute atomic E-state index is 0.0230. The number of nitrogens with zero attached hydrogens (tertiary/aromatic N) is 2. The molecule has 1 unspecified atom stereocenters. The first-order valence-corrected chi connectivity index (χ1v) is 12.2. The van der Waals surface area contributed by atoms with Crippen molar-refractivity contribution in [3.8, 4) is 5.75 Å². The maximum absolute atomic E-state index is 13.5. The number of thiazole rings is 1. The molecular weight excluding hydrogens is 464 g/mol. The van der Waals surface area contributed by atoms with Gasteiger partial charge in [0.15, 0.2) is 5.13 Å². The number of nitrogens with one attached hydrogen (secondary N) is 2. The monoisotopic (exact) mass is 494 g/mol. The van der Waals surface area contributed by atoms with Crippen molar-refractivity contribution in [1.82, 2.24) is 15.2 Å². The van der Waals surface area contributed by atoms with Crippen molar-refractivity contribution in [3.05, 3.63) is 77.3 Å². The Kier molecular flexibility index (Phi) is 9.37. The summed E-state index contributed by atoms with van der Waals surface area (Å²) in [4.78, 5) is 44.8. The molecule has 2 N–H and O–H groups in total. The number of rotatable bonds is 11. The summed E-state index contributed by atoms with van der Waals surface area (Å²) in [6.07, 6.45) is 1.52. The number of hydrogen-bond acceptors (Lipinski definition) is 6. The molecule has 2 aromatic carbocycles. The summed E-state index contributed by atoms with van der Waals surface area (Å²) >= 11 is 1.31. The summed E-state index contributed by atoms with van der Waals surface area (Å²) in [5, 5.41) is 7.87. The van der Waals surface area contributed by atoms with Crippen molar-refractivity contribution >= 4 is 34.2 Å². The fraction of sp³-hybridized carbons (Fsp3) is 0.308. The largest absolute Gasteiger partial charge is 0.497 e. The highest BCUT2D eigenvalue weighted by Gasteiger charge is 2.32. The second-order valence-electron chi connectivity index (χ2n) is 8.23. The lowest BCUT2D eigenvalue weighted by Gasteiger charge is -2.32. The third-order valence-electron chi connectivity index (χ3n) is 5.18. The average molecular weight is 495 g/mol. The lowest BCUT2D eigenvalue weighted by atomic mass is 10.0. The molecule has 184 valence electrons. The van der Waals surface area contributed by atoms with Crippen LogP contribution in [0, 0.1) is 0 Å². The van der Waals surface area contributed by atoms with Gasteiger partial charge in [-0.1, -0.05) is 42.5 Å². The van der Waals surface area contributed by atoms with Crippen LogP contribution in [-0.4, -0.2) is 40.8 Å². The van der Waals surface area contributed by atoms with Crippen LogP contribution in [0.4, 0.5) is 5.13 Å². The van der Waals surface area contributed by atoms with Crippen LogP contribution in [0.15, 0.2) is 66.2 Å². The van der Waals surface area contributed by atoms with Crippen molar-refractivity contribution in [2.24, 2.45) is 0 Å². The molecule has 1 atom stereocenters. The van der Waals surface area contributed by atoms with E-state index in [9.17, 15) is 14.4 Å². The van der Waals surface area contributed by atoms with E-state index in [0.29, 0.717) is 16.4 Å². The fourth-order valence-electron chi connectivity index (χ4n) is 3.56. The summed E-state index contributed by atoms with van der Waals surface area (Å²) in [7, 11) is 1.57. The molecule has 0 saturated heterocycles. The molecule has 1 aromatic heterocycles. The zero-order chi connectivity index (χ0) is 25.2. The Morgan fingerprint density at radius 3 is 2.34 bits per heavy atom. The molecular formula is C26H30N4O4S. The van der Waals surface area contributed by atoms with E-state index >= 15 is 0 Å². The van der Waals surface area contributed by atoms with E-state index in [0.717, 1.165) is 5.56 Å². The SMILES string of the molecule is COc1ccc(C(C(=O)NC(C)C)N(Cc2ccccc2)C(=O)CCC(=O)Nc2nccs2)cc1. The predicted molar refractivity (Wildman–Crippen MR) is 136 cm³/mol. The maximum atomic E-state index is 13.5. The van der Waals surface area contributed by atoms with E-state index in [2.05, 4.69) is 15.6 Å². The highest BCUT2D eigenvalue weighted by atomic mass is 32.1. The van der Waals surface area contributed by atoms with Crippen LogP contribution in [0.2, 0.25) is 0 Å². The quantitative estimate of drug-likeness (QED) is 0.417. The first kappa shape index (κ1) is 25.9. The molecule has 0 aliphatic rings. The van der Waals surface area contributed by atoms with Crippen molar-refractivity contribution in [3.63, 3.8) is 0 Å².